The highest BCUT2D eigenvalue weighted by molar-refractivity contribution is 7.26. The van der Waals surface area contributed by atoms with E-state index in [1.165, 1.54) is 52.8 Å². The molecule has 0 atom stereocenters. The third kappa shape index (κ3) is 4.98. The van der Waals surface area contributed by atoms with Gasteiger partial charge in [-0.25, -0.2) is 15.0 Å². The second kappa shape index (κ2) is 12.6. The fourth-order valence-corrected chi connectivity index (χ4v) is 9.73. The maximum Gasteiger partial charge on any atom is 0.164 e. The highest BCUT2D eigenvalue weighted by Crippen LogP contribution is 2.45. The Morgan fingerprint density at radius 1 is 0.316 bits per heavy atom. The second-order valence-electron chi connectivity index (χ2n) is 14.4. The Labute approximate surface area is 331 Å². The van der Waals surface area contributed by atoms with Gasteiger partial charge in [0, 0.05) is 69.8 Å². The molecule has 57 heavy (non-hydrogen) atoms. The first kappa shape index (κ1) is 31.9. The van der Waals surface area contributed by atoms with Crippen molar-refractivity contribution < 1.29 is 0 Å². The first-order valence-electron chi connectivity index (χ1n) is 19.1. The van der Waals surface area contributed by atoms with Gasteiger partial charge in [-0.05, 0) is 60.7 Å². The van der Waals surface area contributed by atoms with Crippen molar-refractivity contribution in [2.24, 2.45) is 0 Å². The van der Waals surface area contributed by atoms with Crippen molar-refractivity contribution in [3.05, 3.63) is 188 Å². The largest absolute Gasteiger partial charge is 0.309 e. The molecule has 0 spiro atoms. The van der Waals surface area contributed by atoms with Gasteiger partial charge in [-0.1, -0.05) is 127 Å². The zero-order chi connectivity index (χ0) is 37.5. The van der Waals surface area contributed by atoms with Crippen LogP contribution in [0, 0.1) is 0 Å². The maximum atomic E-state index is 5.09. The highest BCUT2D eigenvalue weighted by Gasteiger charge is 2.21. The normalized spacial score (nSPS) is 11.9. The topological polar surface area (TPSA) is 48.5 Å². The highest BCUT2D eigenvalue weighted by atomic mass is 32.1. The maximum absolute atomic E-state index is 5.09. The summed E-state index contributed by atoms with van der Waals surface area (Å²) < 4.78 is 7.35. The van der Waals surface area contributed by atoms with E-state index in [-0.39, 0.29) is 0 Å². The minimum atomic E-state index is 0.636. The van der Waals surface area contributed by atoms with Gasteiger partial charge in [0.1, 0.15) is 0 Å². The molecule has 0 radical (unpaired) electrons. The van der Waals surface area contributed by atoms with E-state index in [9.17, 15) is 0 Å². The third-order valence-electron chi connectivity index (χ3n) is 11.2. The first-order valence-corrected chi connectivity index (χ1v) is 19.9. The molecule has 8 aromatic carbocycles. The molecule has 12 rings (SSSR count). The Bertz CT molecular complexity index is 3400. The van der Waals surface area contributed by atoms with Gasteiger partial charge in [0.05, 0.1) is 22.1 Å². The predicted molar refractivity (Wildman–Crippen MR) is 238 cm³/mol. The van der Waals surface area contributed by atoms with Crippen molar-refractivity contribution in [2.45, 2.75) is 0 Å². The molecular weight excluding hydrogens is 715 g/mol. The molecule has 0 saturated heterocycles. The molecule has 4 aromatic heterocycles. The van der Waals surface area contributed by atoms with Crippen molar-refractivity contribution in [1.82, 2.24) is 24.1 Å². The Morgan fingerprint density at radius 2 is 0.860 bits per heavy atom. The van der Waals surface area contributed by atoms with Crippen LogP contribution in [0.5, 0.6) is 0 Å². The molecule has 0 N–H and O–H groups in total. The molecule has 5 nitrogen and oxygen atoms in total. The van der Waals surface area contributed by atoms with Crippen LogP contribution in [-0.4, -0.2) is 24.1 Å². The summed E-state index contributed by atoms with van der Waals surface area (Å²) >= 11 is 1.86. The van der Waals surface area contributed by atoms with E-state index in [0.717, 1.165) is 39.1 Å². The number of aromatic nitrogens is 5. The molecule has 0 fully saturated rings. The van der Waals surface area contributed by atoms with Crippen molar-refractivity contribution in [3.63, 3.8) is 0 Å². The summed E-state index contributed by atoms with van der Waals surface area (Å²) in [5.74, 6) is 1.93. The van der Waals surface area contributed by atoms with E-state index in [2.05, 4.69) is 137 Å². The quantitative estimate of drug-likeness (QED) is 0.176. The average molecular weight is 746 g/mol. The second-order valence-corrected chi connectivity index (χ2v) is 15.5. The summed E-state index contributed by atoms with van der Waals surface area (Å²) in [7, 11) is 0. The lowest BCUT2D eigenvalue weighted by Crippen LogP contribution is -2.00. The van der Waals surface area contributed by atoms with Gasteiger partial charge >= 0.3 is 0 Å². The van der Waals surface area contributed by atoms with E-state index >= 15 is 0 Å². The van der Waals surface area contributed by atoms with Crippen molar-refractivity contribution >= 4 is 75.1 Å². The minimum absolute atomic E-state index is 0.636. The number of hydrogen-bond donors (Lipinski definition) is 0. The van der Waals surface area contributed by atoms with Gasteiger partial charge in [-0.2, -0.15) is 0 Å². The number of fused-ring (bicyclic) bond motifs is 10. The van der Waals surface area contributed by atoms with Crippen LogP contribution in [0.1, 0.15) is 0 Å². The minimum Gasteiger partial charge on any atom is -0.309 e. The Hall–Kier alpha value is -7.41. The van der Waals surface area contributed by atoms with Crippen LogP contribution in [0.25, 0.3) is 109 Å². The van der Waals surface area contributed by atoms with E-state index < -0.39 is 0 Å². The van der Waals surface area contributed by atoms with Crippen LogP contribution in [0.2, 0.25) is 0 Å². The monoisotopic (exact) mass is 745 g/mol. The summed E-state index contributed by atoms with van der Waals surface area (Å²) in [5, 5.41) is 7.49. The molecule has 6 heteroatoms. The van der Waals surface area contributed by atoms with Gasteiger partial charge < -0.3 is 9.13 Å². The van der Waals surface area contributed by atoms with Gasteiger partial charge in [0.2, 0.25) is 0 Å². The lowest BCUT2D eigenvalue weighted by Gasteiger charge is -2.10. The van der Waals surface area contributed by atoms with Crippen LogP contribution >= 0.6 is 11.3 Å². The molecule has 0 amide bonds. The van der Waals surface area contributed by atoms with Crippen LogP contribution in [0.4, 0.5) is 0 Å². The number of rotatable bonds is 5. The lowest BCUT2D eigenvalue weighted by molar-refractivity contribution is 1.07. The van der Waals surface area contributed by atoms with E-state index in [1.54, 1.807) is 0 Å². The van der Waals surface area contributed by atoms with E-state index in [0.29, 0.717) is 17.5 Å². The lowest BCUT2D eigenvalue weighted by atomic mass is 10.0. The van der Waals surface area contributed by atoms with Crippen LogP contribution in [-0.2, 0) is 0 Å². The van der Waals surface area contributed by atoms with Crippen molar-refractivity contribution in [2.75, 3.05) is 0 Å². The molecule has 0 saturated carbocycles. The predicted octanol–water partition coefficient (Wildman–Crippen LogP) is 13.4. The van der Waals surface area contributed by atoms with Crippen LogP contribution < -0.4 is 0 Å². The molecule has 0 bridgehead atoms. The van der Waals surface area contributed by atoms with Crippen molar-refractivity contribution in [3.8, 4) is 45.5 Å². The van der Waals surface area contributed by atoms with Gasteiger partial charge in [0.25, 0.3) is 0 Å². The number of nitrogens with zero attached hydrogens (tertiary/aromatic N) is 5. The number of para-hydroxylation sites is 3. The fourth-order valence-electron chi connectivity index (χ4n) is 8.63. The Morgan fingerprint density at radius 3 is 1.51 bits per heavy atom. The van der Waals surface area contributed by atoms with E-state index in [4.69, 9.17) is 15.0 Å². The SMILES string of the molecule is c1ccc(-c2nc(-c3ccccc3)nc(-c3ccc4c5c6c(ccc5n(-c5ccccc5)c4c3)sc3ccc(-n4c5ccccc5c5ccccc54)cc36)n2)cc1. The molecule has 4 heterocycles. The third-order valence-corrected chi connectivity index (χ3v) is 12.3. The zero-order valence-electron chi connectivity index (χ0n) is 30.5. The molecular formula is C51H31N5S. The smallest absolute Gasteiger partial charge is 0.164 e. The van der Waals surface area contributed by atoms with Crippen molar-refractivity contribution in [1.29, 1.82) is 0 Å². The zero-order valence-corrected chi connectivity index (χ0v) is 31.4. The fraction of sp³-hybridized carbons (Fsp3) is 0. The number of thiophene rings is 1. The molecule has 0 aliphatic carbocycles. The van der Waals surface area contributed by atoms with Gasteiger partial charge in [-0.3, -0.25) is 0 Å². The Kier molecular flexibility index (Phi) is 7.03. The van der Waals surface area contributed by atoms with Gasteiger partial charge in [-0.15, -0.1) is 11.3 Å². The number of benzene rings is 8. The first-order chi connectivity index (χ1) is 28.3. The summed E-state index contributed by atoms with van der Waals surface area (Å²) in [6.07, 6.45) is 0. The van der Waals surface area contributed by atoms with Crippen LogP contribution in [0.15, 0.2) is 188 Å². The molecule has 0 unspecified atom stereocenters. The standard InChI is InChI=1S/C51H31N5S/c1-4-14-32(15-5-1)49-52-50(33-16-6-2-7-17-33)54-51(53-49)34-24-26-39-44(30-34)55(35-18-8-3-9-19-35)43-27-29-46-48(47(39)43)40-31-36(25-28-45(40)57-46)56-41-22-12-10-20-37(41)38-21-11-13-23-42(38)56/h1-31H. The van der Waals surface area contributed by atoms with Gasteiger partial charge in [0.15, 0.2) is 17.5 Å². The molecule has 12 aromatic rings. The molecule has 0 aliphatic rings. The van der Waals surface area contributed by atoms with E-state index in [1.807, 2.05) is 72.0 Å². The molecule has 0 aliphatic heterocycles. The Balaban J connectivity index is 1.13. The summed E-state index contributed by atoms with van der Waals surface area (Å²) in [4.78, 5) is 15.1. The number of hydrogen-bond acceptors (Lipinski definition) is 4. The summed E-state index contributed by atoms with van der Waals surface area (Å²) in [6, 6.07) is 66.7. The summed E-state index contributed by atoms with van der Waals surface area (Å²) in [6.45, 7) is 0. The van der Waals surface area contributed by atoms with Crippen LogP contribution in [0.3, 0.4) is 0 Å². The summed E-state index contributed by atoms with van der Waals surface area (Å²) in [5.41, 5.74) is 9.76. The molecule has 266 valence electrons. The average Bonchev–Trinajstić information content (AvgIpc) is 3.94.